The highest BCUT2D eigenvalue weighted by Crippen LogP contribution is 2.38. The second-order valence-electron chi connectivity index (χ2n) is 11.5. The van der Waals surface area contributed by atoms with Crippen molar-refractivity contribution >= 4 is 33.0 Å². The number of hydrogen-bond donors (Lipinski definition) is 0. The average molecular weight is 603 g/mol. The third kappa shape index (κ3) is 4.82. The van der Waals surface area contributed by atoms with Gasteiger partial charge in [0.2, 0.25) is 0 Å². The third-order valence-corrected chi connectivity index (χ3v) is 8.52. The van der Waals surface area contributed by atoms with Crippen LogP contribution < -0.4 is 0 Å². The minimum atomic E-state index is 0.648. The fraction of sp³-hybridized carbons (Fsp3) is 0. The van der Waals surface area contributed by atoms with Crippen LogP contribution in [0.2, 0.25) is 0 Å². The highest BCUT2D eigenvalue weighted by Gasteiger charge is 2.19. The quantitative estimate of drug-likeness (QED) is 0.196. The van der Waals surface area contributed by atoms with E-state index in [1.54, 1.807) is 0 Å². The van der Waals surface area contributed by atoms with Crippen LogP contribution >= 0.6 is 0 Å². The molecule has 3 aromatic heterocycles. The zero-order valence-electron chi connectivity index (χ0n) is 25.2. The first kappa shape index (κ1) is 26.9. The summed E-state index contributed by atoms with van der Waals surface area (Å²) < 4.78 is 6.50. The van der Waals surface area contributed by atoms with Gasteiger partial charge in [0, 0.05) is 33.0 Å². The first-order chi connectivity index (χ1) is 23.3. The maximum absolute atomic E-state index is 6.50. The van der Waals surface area contributed by atoms with Crippen molar-refractivity contribution in [1.29, 1.82) is 0 Å². The topological polar surface area (TPSA) is 64.7 Å². The Hall–Kier alpha value is -6.46. The van der Waals surface area contributed by atoms with E-state index in [9.17, 15) is 0 Å². The van der Waals surface area contributed by atoms with E-state index in [1.165, 1.54) is 0 Å². The highest BCUT2D eigenvalue weighted by molar-refractivity contribution is 6.08. The van der Waals surface area contributed by atoms with Crippen LogP contribution in [-0.4, -0.2) is 19.9 Å². The van der Waals surface area contributed by atoms with Gasteiger partial charge in [0.05, 0.1) is 11.2 Å². The van der Waals surface area contributed by atoms with Crippen LogP contribution in [-0.2, 0) is 0 Å². The number of benzene rings is 6. The molecule has 0 bridgehead atoms. The standard InChI is InChI=1S/C42H26N4O/c1-4-12-27(13-5-1)32-24-25-36-34(26-32)39-40(47-36)38(45-42(46-39)30-16-8-3-9-17-30)29-20-22-31(23-21-29)41-43-35-19-11-10-18-33(35)37(44-41)28-14-6-2-7-15-28/h1-26H. The van der Waals surface area contributed by atoms with Crippen LogP contribution in [0.1, 0.15) is 0 Å². The Kier molecular flexibility index (Phi) is 6.39. The van der Waals surface area contributed by atoms with Crippen molar-refractivity contribution in [3.8, 4) is 56.4 Å². The fourth-order valence-corrected chi connectivity index (χ4v) is 6.16. The summed E-state index contributed by atoms with van der Waals surface area (Å²) in [6.07, 6.45) is 0. The molecule has 0 N–H and O–H groups in total. The van der Waals surface area contributed by atoms with E-state index < -0.39 is 0 Å². The van der Waals surface area contributed by atoms with Gasteiger partial charge in [-0.2, -0.15) is 0 Å². The summed E-state index contributed by atoms with van der Waals surface area (Å²) in [7, 11) is 0. The molecule has 0 unspecified atom stereocenters. The molecule has 0 atom stereocenters. The highest BCUT2D eigenvalue weighted by atomic mass is 16.3. The van der Waals surface area contributed by atoms with Crippen LogP contribution in [0.4, 0.5) is 0 Å². The summed E-state index contributed by atoms with van der Waals surface area (Å²) in [4.78, 5) is 20.1. The molecule has 0 aliphatic rings. The Morgan fingerprint density at radius 1 is 0.362 bits per heavy atom. The summed E-state index contributed by atoms with van der Waals surface area (Å²) in [5.41, 5.74) is 10.9. The zero-order valence-corrected chi connectivity index (χ0v) is 25.2. The molecule has 0 saturated carbocycles. The zero-order chi connectivity index (χ0) is 31.2. The van der Waals surface area contributed by atoms with Crippen LogP contribution in [0, 0.1) is 0 Å². The molecular formula is C42H26N4O. The summed E-state index contributed by atoms with van der Waals surface area (Å²) in [6, 6.07) is 53.4. The van der Waals surface area contributed by atoms with Crippen molar-refractivity contribution in [2.75, 3.05) is 0 Å². The lowest BCUT2D eigenvalue weighted by Gasteiger charge is -2.10. The Morgan fingerprint density at radius 3 is 1.64 bits per heavy atom. The van der Waals surface area contributed by atoms with Gasteiger partial charge in [-0.25, -0.2) is 19.9 Å². The van der Waals surface area contributed by atoms with Gasteiger partial charge in [0.15, 0.2) is 17.2 Å². The predicted molar refractivity (Wildman–Crippen MR) is 190 cm³/mol. The molecule has 5 nitrogen and oxygen atoms in total. The van der Waals surface area contributed by atoms with E-state index in [-0.39, 0.29) is 0 Å². The molecule has 0 fully saturated rings. The van der Waals surface area contributed by atoms with Gasteiger partial charge in [0.1, 0.15) is 16.8 Å². The van der Waals surface area contributed by atoms with Crippen molar-refractivity contribution in [3.63, 3.8) is 0 Å². The number of fused-ring (bicyclic) bond motifs is 4. The molecule has 0 amide bonds. The van der Waals surface area contributed by atoms with Crippen LogP contribution in [0.25, 0.3) is 89.4 Å². The minimum absolute atomic E-state index is 0.648. The maximum atomic E-state index is 6.50. The molecule has 47 heavy (non-hydrogen) atoms. The van der Waals surface area contributed by atoms with E-state index >= 15 is 0 Å². The van der Waals surface area contributed by atoms with Crippen molar-refractivity contribution in [2.45, 2.75) is 0 Å². The first-order valence-corrected chi connectivity index (χ1v) is 15.6. The lowest BCUT2D eigenvalue weighted by atomic mass is 10.0. The van der Waals surface area contributed by atoms with Crippen LogP contribution in [0.5, 0.6) is 0 Å². The summed E-state index contributed by atoms with van der Waals surface area (Å²) >= 11 is 0. The predicted octanol–water partition coefficient (Wildman–Crippen LogP) is 10.7. The second kappa shape index (κ2) is 11.2. The van der Waals surface area contributed by atoms with Crippen molar-refractivity contribution in [3.05, 3.63) is 158 Å². The molecule has 3 heterocycles. The number of nitrogens with zero attached hydrogens (tertiary/aromatic N) is 4. The molecule has 5 heteroatoms. The van der Waals surface area contributed by atoms with Crippen LogP contribution in [0.15, 0.2) is 162 Å². The molecule has 6 aromatic carbocycles. The smallest absolute Gasteiger partial charge is 0.180 e. The van der Waals surface area contributed by atoms with Gasteiger partial charge in [-0.3, -0.25) is 0 Å². The maximum Gasteiger partial charge on any atom is 0.180 e. The Balaban J connectivity index is 1.20. The molecule has 0 aliphatic heterocycles. The van der Waals surface area contributed by atoms with E-state index in [0.717, 1.165) is 72.2 Å². The molecule has 9 aromatic rings. The summed E-state index contributed by atoms with van der Waals surface area (Å²) in [6.45, 7) is 0. The third-order valence-electron chi connectivity index (χ3n) is 8.52. The number of rotatable bonds is 5. The number of hydrogen-bond acceptors (Lipinski definition) is 5. The second-order valence-corrected chi connectivity index (χ2v) is 11.5. The number of para-hydroxylation sites is 1. The largest absolute Gasteiger partial charge is 0.452 e. The summed E-state index contributed by atoms with van der Waals surface area (Å²) in [5.74, 6) is 1.32. The molecule has 220 valence electrons. The van der Waals surface area contributed by atoms with Crippen molar-refractivity contribution in [2.24, 2.45) is 0 Å². The first-order valence-electron chi connectivity index (χ1n) is 15.6. The molecule has 0 radical (unpaired) electrons. The number of furan rings is 1. The van der Waals surface area contributed by atoms with E-state index in [4.69, 9.17) is 24.4 Å². The molecule has 0 spiro atoms. The Bertz CT molecular complexity index is 2540. The van der Waals surface area contributed by atoms with Gasteiger partial charge in [-0.15, -0.1) is 0 Å². The Labute approximate surface area is 270 Å². The summed E-state index contributed by atoms with van der Waals surface area (Å²) in [5, 5.41) is 1.98. The van der Waals surface area contributed by atoms with Gasteiger partial charge < -0.3 is 4.42 Å². The fourth-order valence-electron chi connectivity index (χ4n) is 6.16. The lowest BCUT2D eigenvalue weighted by molar-refractivity contribution is 0.667. The van der Waals surface area contributed by atoms with Gasteiger partial charge >= 0.3 is 0 Å². The monoisotopic (exact) mass is 602 g/mol. The van der Waals surface area contributed by atoms with E-state index in [0.29, 0.717) is 17.2 Å². The van der Waals surface area contributed by atoms with Crippen molar-refractivity contribution in [1.82, 2.24) is 19.9 Å². The molecule has 0 aliphatic carbocycles. The van der Waals surface area contributed by atoms with E-state index in [1.807, 2.05) is 78.9 Å². The average Bonchev–Trinajstić information content (AvgIpc) is 3.53. The van der Waals surface area contributed by atoms with Gasteiger partial charge in [0.25, 0.3) is 0 Å². The Morgan fingerprint density at radius 2 is 0.894 bits per heavy atom. The number of aromatic nitrogens is 4. The lowest BCUT2D eigenvalue weighted by Crippen LogP contribution is -1.96. The van der Waals surface area contributed by atoms with E-state index in [2.05, 4.69) is 78.9 Å². The van der Waals surface area contributed by atoms with Gasteiger partial charge in [-0.05, 0) is 29.3 Å². The van der Waals surface area contributed by atoms with Crippen LogP contribution in [0.3, 0.4) is 0 Å². The van der Waals surface area contributed by atoms with Crippen molar-refractivity contribution < 1.29 is 4.42 Å². The normalized spacial score (nSPS) is 11.4. The molecule has 9 rings (SSSR count). The SMILES string of the molecule is c1ccc(-c2ccc3oc4c(-c5ccc(-c6nc(-c7ccccc7)c7ccccc7n6)cc5)nc(-c5ccccc5)nc4c3c2)cc1. The molecule has 0 saturated heterocycles. The minimum Gasteiger partial charge on any atom is -0.452 e. The molecular weight excluding hydrogens is 576 g/mol. The van der Waals surface area contributed by atoms with Gasteiger partial charge in [-0.1, -0.05) is 140 Å².